The molecule has 1 heterocycles. The number of benzene rings is 1. The normalized spacial score (nSPS) is 10.4. The summed E-state index contributed by atoms with van der Waals surface area (Å²) in [5, 5.41) is 3.33. The van der Waals surface area contributed by atoms with Gasteiger partial charge in [0.25, 0.3) is 0 Å². The number of hydrogen-bond donors (Lipinski definition) is 1. The van der Waals surface area contributed by atoms with E-state index >= 15 is 0 Å². The van der Waals surface area contributed by atoms with Crippen molar-refractivity contribution in [2.24, 2.45) is 0 Å². The lowest BCUT2D eigenvalue weighted by Crippen LogP contribution is -1.96. The van der Waals surface area contributed by atoms with Crippen LogP contribution >= 0.6 is 27.7 Å². The molecule has 1 aromatic carbocycles. The summed E-state index contributed by atoms with van der Waals surface area (Å²) in [6, 6.07) is 10.5. The first-order valence-corrected chi connectivity index (χ1v) is 7.59. The maximum Gasteiger partial charge on any atom is 0.133 e. The summed E-state index contributed by atoms with van der Waals surface area (Å²) in [6.45, 7) is 4.20. The lowest BCUT2D eigenvalue weighted by Gasteiger charge is -2.09. The van der Waals surface area contributed by atoms with Gasteiger partial charge >= 0.3 is 0 Å². The van der Waals surface area contributed by atoms with Gasteiger partial charge in [-0.25, -0.2) is 4.98 Å². The first kappa shape index (κ1) is 13.4. The highest BCUT2D eigenvalue weighted by molar-refractivity contribution is 9.10. The molecule has 0 spiro atoms. The number of rotatable bonds is 4. The van der Waals surface area contributed by atoms with Gasteiger partial charge in [0.05, 0.1) is 0 Å². The topological polar surface area (TPSA) is 24.9 Å². The summed E-state index contributed by atoms with van der Waals surface area (Å²) in [5.41, 5.74) is 2.18. The molecule has 0 saturated heterocycles. The van der Waals surface area contributed by atoms with E-state index in [4.69, 9.17) is 0 Å². The van der Waals surface area contributed by atoms with Crippen molar-refractivity contribution >= 4 is 39.2 Å². The van der Waals surface area contributed by atoms with Crippen LogP contribution in [-0.2, 0) is 0 Å². The van der Waals surface area contributed by atoms with E-state index in [0.717, 1.165) is 27.3 Å². The van der Waals surface area contributed by atoms with Gasteiger partial charge in [-0.3, -0.25) is 0 Å². The smallest absolute Gasteiger partial charge is 0.133 e. The van der Waals surface area contributed by atoms with E-state index in [1.54, 1.807) is 6.20 Å². The van der Waals surface area contributed by atoms with Crippen LogP contribution in [0.4, 0.5) is 11.5 Å². The van der Waals surface area contributed by atoms with E-state index in [1.807, 2.05) is 18.7 Å². The molecular formula is C14H15BrN2S. The van der Waals surface area contributed by atoms with Crippen LogP contribution in [0.5, 0.6) is 0 Å². The molecule has 2 rings (SSSR count). The Labute approximate surface area is 120 Å². The van der Waals surface area contributed by atoms with E-state index < -0.39 is 0 Å². The lowest BCUT2D eigenvalue weighted by atomic mass is 10.2. The van der Waals surface area contributed by atoms with Crippen LogP contribution in [0.25, 0.3) is 0 Å². The minimum absolute atomic E-state index is 0.897. The number of nitrogens with one attached hydrogen (secondary N) is 1. The number of pyridine rings is 1. The standard InChI is InChI=1S/C14H15BrN2S/c1-3-18-13-6-4-12(5-7-13)17-14-10(2)8-11(15)9-16-14/h4-9H,3H2,1-2H3,(H,16,17). The molecule has 1 N–H and O–H groups in total. The molecule has 0 fully saturated rings. The van der Waals surface area contributed by atoms with E-state index in [1.165, 1.54) is 4.90 Å². The van der Waals surface area contributed by atoms with Gasteiger partial charge in [-0.15, -0.1) is 11.8 Å². The third-order valence-electron chi connectivity index (χ3n) is 2.47. The first-order valence-electron chi connectivity index (χ1n) is 5.81. The zero-order valence-corrected chi connectivity index (χ0v) is 12.8. The van der Waals surface area contributed by atoms with E-state index in [2.05, 4.69) is 63.5 Å². The molecule has 4 heteroatoms. The Morgan fingerprint density at radius 1 is 1.28 bits per heavy atom. The molecule has 2 nitrogen and oxygen atoms in total. The number of aryl methyl sites for hydroxylation is 1. The average molecular weight is 323 g/mol. The quantitative estimate of drug-likeness (QED) is 0.801. The fourth-order valence-electron chi connectivity index (χ4n) is 1.61. The summed E-state index contributed by atoms with van der Waals surface area (Å²) in [4.78, 5) is 5.66. The van der Waals surface area contributed by atoms with Gasteiger partial charge in [0.1, 0.15) is 5.82 Å². The Bertz CT molecular complexity index is 526. The van der Waals surface area contributed by atoms with Gasteiger partial charge in [-0.05, 0) is 64.5 Å². The molecule has 0 aliphatic rings. The fraction of sp³-hybridized carbons (Fsp3) is 0.214. The van der Waals surface area contributed by atoms with Crippen molar-refractivity contribution in [2.45, 2.75) is 18.7 Å². The molecule has 0 saturated carbocycles. The number of thioether (sulfide) groups is 1. The SMILES string of the molecule is CCSc1ccc(Nc2ncc(Br)cc2C)cc1. The third kappa shape index (κ3) is 3.50. The van der Waals surface area contributed by atoms with Crippen LogP contribution in [0.2, 0.25) is 0 Å². The number of aromatic nitrogens is 1. The molecule has 0 aliphatic heterocycles. The minimum atomic E-state index is 0.897. The maximum atomic E-state index is 4.37. The summed E-state index contributed by atoms with van der Waals surface area (Å²) in [7, 11) is 0. The number of anilines is 2. The summed E-state index contributed by atoms with van der Waals surface area (Å²) in [6.07, 6.45) is 1.80. The molecule has 0 radical (unpaired) electrons. The highest BCUT2D eigenvalue weighted by Gasteiger charge is 2.01. The van der Waals surface area contributed by atoms with Gasteiger partial charge in [-0.2, -0.15) is 0 Å². The molecule has 0 aliphatic carbocycles. The van der Waals surface area contributed by atoms with Crippen molar-refractivity contribution in [3.8, 4) is 0 Å². The fourth-order valence-corrected chi connectivity index (χ4v) is 2.72. The van der Waals surface area contributed by atoms with Gasteiger partial charge in [0, 0.05) is 21.3 Å². The molecule has 0 unspecified atom stereocenters. The first-order chi connectivity index (χ1) is 8.69. The van der Waals surface area contributed by atoms with Crippen molar-refractivity contribution in [2.75, 3.05) is 11.1 Å². The van der Waals surface area contributed by atoms with Crippen LogP contribution in [0, 0.1) is 6.92 Å². The molecule has 18 heavy (non-hydrogen) atoms. The zero-order valence-electron chi connectivity index (χ0n) is 10.4. The van der Waals surface area contributed by atoms with E-state index in [0.29, 0.717) is 0 Å². The van der Waals surface area contributed by atoms with Crippen molar-refractivity contribution in [3.63, 3.8) is 0 Å². The number of hydrogen-bond acceptors (Lipinski definition) is 3. The van der Waals surface area contributed by atoms with Crippen molar-refractivity contribution in [1.82, 2.24) is 4.98 Å². The second-order valence-electron chi connectivity index (χ2n) is 3.90. The van der Waals surface area contributed by atoms with Crippen LogP contribution in [0.15, 0.2) is 45.9 Å². The minimum Gasteiger partial charge on any atom is -0.340 e. The van der Waals surface area contributed by atoms with E-state index in [9.17, 15) is 0 Å². The van der Waals surface area contributed by atoms with Crippen LogP contribution in [0.3, 0.4) is 0 Å². The van der Waals surface area contributed by atoms with Gasteiger partial charge < -0.3 is 5.32 Å². The predicted molar refractivity (Wildman–Crippen MR) is 82.8 cm³/mol. The second-order valence-corrected chi connectivity index (χ2v) is 6.15. The predicted octanol–water partition coefficient (Wildman–Crippen LogP) is 5.01. The van der Waals surface area contributed by atoms with Gasteiger partial charge in [0.2, 0.25) is 0 Å². The number of halogens is 1. The van der Waals surface area contributed by atoms with Crippen molar-refractivity contribution in [1.29, 1.82) is 0 Å². The van der Waals surface area contributed by atoms with Gasteiger partial charge in [0.15, 0.2) is 0 Å². The Hall–Kier alpha value is -1.00. The molecule has 0 amide bonds. The van der Waals surface area contributed by atoms with Crippen molar-refractivity contribution < 1.29 is 0 Å². The summed E-state index contributed by atoms with van der Waals surface area (Å²) < 4.78 is 1.00. The third-order valence-corrected chi connectivity index (χ3v) is 3.80. The monoisotopic (exact) mass is 322 g/mol. The Kier molecular flexibility index (Phi) is 4.66. The molecule has 1 aromatic heterocycles. The second kappa shape index (κ2) is 6.25. The van der Waals surface area contributed by atoms with Crippen molar-refractivity contribution in [3.05, 3.63) is 46.6 Å². The molecule has 0 bridgehead atoms. The molecular weight excluding hydrogens is 308 g/mol. The Balaban J connectivity index is 2.13. The average Bonchev–Trinajstić information content (AvgIpc) is 2.35. The maximum absolute atomic E-state index is 4.37. The summed E-state index contributed by atoms with van der Waals surface area (Å²) >= 11 is 5.26. The molecule has 2 aromatic rings. The Morgan fingerprint density at radius 2 is 2.00 bits per heavy atom. The highest BCUT2D eigenvalue weighted by Crippen LogP contribution is 2.24. The highest BCUT2D eigenvalue weighted by atomic mass is 79.9. The molecule has 0 atom stereocenters. The Morgan fingerprint density at radius 3 is 2.61 bits per heavy atom. The lowest BCUT2D eigenvalue weighted by molar-refractivity contribution is 1.24. The van der Waals surface area contributed by atoms with Crippen LogP contribution in [0.1, 0.15) is 12.5 Å². The largest absolute Gasteiger partial charge is 0.340 e. The molecule has 94 valence electrons. The zero-order chi connectivity index (χ0) is 13.0. The van der Waals surface area contributed by atoms with E-state index in [-0.39, 0.29) is 0 Å². The van der Waals surface area contributed by atoms with Crippen LogP contribution < -0.4 is 5.32 Å². The van der Waals surface area contributed by atoms with Crippen LogP contribution in [-0.4, -0.2) is 10.7 Å². The van der Waals surface area contributed by atoms with Gasteiger partial charge in [-0.1, -0.05) is 6.92 Å². The number of nitrogens with zero attached hydrogens (tertiary/aromatic N) is 1. The summed E-state index contributed by atoms with van der Waals surface area (Å²) in [5.74, 6) is 1.99.